The molecule has 0 aliphatic rings. The van der Waals surface area contributed by atoms with Gasteiger partial charge < -0.3 is 15.3 Å². The Morgan fingerprint density at radius 3 is 2.04 bits per heavy atom. The molecule has 1 unspecified atom stereocenters. The van der Waals surface area contributed by atoms with Gasteiger partial charge in [-0.3, -0.25) is 9.59 Å². The maximum atomic E-state index is 12.2. The van der Waals surface area contributed by atoms with Crippen molar-refractivity contribution in [3.8, 4) is 16.9 Å². The van der Waals surface area contributed by atoms with Crippen LogP contribution in [0.4, 0.5) is 5.69 Å². The number of nitrogens with zero attached hydrogens (tertiary/aromatic N) is 1. The van der Waals surface area contributed by atoms with E-state index in [1.165, 1.54) is 12.5 Å². The van der Waals surface area contributed by atoms with Crippen molar-refractivity contribution in [3.63, 3.8) is 0 Å². The van der Waals surface area contributed by atoms with E-state index in [9.17, 15) is 14.7 Å². The highest BCUT2D eigenvalue weighted by Gasteiger charge is 2.17. The Hall–Kier alpha value is -4.12. The second-order valence-corrected chi connectivity index (χ2v) is 10.9. The Morgan fingerprint density at radius 1 is 0.867 bits per heavy atom. The molecule has 0 saturated carbocycles. The Balaban J connectivity index is 0.000000479. The zero-order valence-electron chi connectivity index (χ0n) is 29.1. The van der Waals surface area contributed by atoms with E-state index in [-0.39, 0.29) is 11.8 Å². The molecule has 0 bridgehead atoms. The summed E-state index contributed by atoms with van der Waals surface area (Å²) in [6.45, 7) is 19.9. The van der Waals surface area contributed by atoms with Gasteiger partial charge in [-0.05, 0) is 74.4 Å². The molecule has 0 heterocycles. The van der Waals surface area contributed by atoms with Crippen LogP contribution in [0.2, 0.25) is 0 Å². The molecule has 3 aromatic carbocycles. The van der Waals surface area contributed by atoms with E-state index in [0.717, 1.165) is 72.3 Å². The Bertz CT molecular complexity index is 1360. The van der Waals surface area contributed by atoms with Gasteiger partial charge in [0.2, 0.25) is 5.91 Å². The molecule has 2 amide bonds. The quantitative estimate of drug-likeness (QED) is 0.200. The lowest BCUT2D eigenvalue weighted by atomic mass is 9.88. The minimum absolute atomic E-state index is 0.102. The normalized spacial score (nSPS) is 11.8. The molecule has 1 atom stereocenters. The van der Waals surface area contributed by atoms with E-state index in [4.69, 9.17) is 0 Å². The number of nitrogens with one attached hydrogen (secondary N) is 1. The highest BCUT2D eigenvalue weighted by atomic mass is 16.3. The molecule has 0 saturated heterocycles. The lowest BCUT2D eigenvalue weighted by molar-refractivity contribution is -0.114. The summed E-state index contributed by atoms with van der Waals surface area (Å²) in [5.41, 5.74) is 6.42. The fourth-order valence-corrected chi connectivity index (χ4v) is 4.68. The first-order valence-electron chi connectivity index (χ1n) is 16.6. The van der Waals surface area contributed by atoms with Crippen molar-refractivity contribution in [2.45, 2.75) is 88.0 Å². The summed E-state index contributed by atoms with van der Waals surface area (Å²) in [7, 11) is 0. The van der Waals surface area contributed by atoms with Crippen molar-refractivity contribution in [1.29, 1.82) is 0 Å². The van der Waals surface area contributed by atoms with E-state index < -0.39 is 0 Å². The van der Waals surface area contributed by atoms with Gasteiger partial charge in [-0.1, -0.05) is 114 Å². The lowest BCUT2D eigenvalue weighted by Gasteiger charge is -2.21. The number of carbonyl (C=O) groups excluding carboxylic acids is 2. The minimum Gasteiger partial charge on any atom is -0.507 e. The van der Waals surface area contributed by atoms with Crippen molar-refractivity contribution < 1.29 is 14.7 Å². The number of hydrogen-bond donors (Lipinski definition) is 2. The van der Waals surface area contributed by atoms with Gasteiger partial charge in [-0.15, -0.1) is 0 Å². The van der Waals surface area contributed by atoms with Gasteiger partial charge >= 0.3 is 0 Å². The number of unbranched alkanes of at least 4 members (excludes halogenated alkanes) is 1. The van der Waals surface area contributed by atoms with Crippen molar-refractivity contribution in [2.75, 3.05) is 18.4 Å². The molecule has 5 heteroatoms. The summed E-state index contributed by atoms with van der Waals surface area (Å²) in [6, 6.07) is 22.9. The molecule has 45 heavy (non-hydrogen) atoms. The summed E-state index contributed by atoms with van der Waals surface area (Å²) in [5, 5.41) is 13.8. The minimum atomic E-state index is -0.102. The third-order valence-corrected chi connectivity index (χ3v) is 7.43. The van der Waals surface area contributed by atoms with E-state index in [2.05, 4.69) is 52.1 Å². The van der Waals surface area contributed by atoms with Gasteiger partial charge in [0.15, 0.2) is 0 Å². The Labute approximate surface area is 273 Å². The van der Waals surface area contributed by atoms with Crippen LogP contribution >= 0.6 is 0 Å². The van der Waals surface area contributed by atoms with Crippen LogP contribution in [0.1, 0.15) is 104 Å². The monoisotopic (exact) mass is 612 g/mol. The zero-order chi connectivity index (χ0) is 33.8. The number of amides is 2. The molecular formula is C40H56N2O3. The lowest BCUT2D eigenvalue weighted by Crippen LogP contribution is -2.32. The first kappa shape index (κ1) is 38.9. The van der Waals surface area contributed by atoms with E-state index in [1.807, 2.05) is 98.5 Å². The van der Waals surface area contributed by atoms with Gasteiger partial charge in [0.05, 0.1) is 0 Å². The molecule has 0 fully saturated rings. The van der Waals surface area contributed by atoms with Gasteiger partial charge in [0.1, 0.15) is 5.75 Å². The molecule has 0 spiro atoms. The molecule has 0 aliphatic heterocycles. The van der Waals surface area contributed by atoms with Crippen LogP contribution in [0.3, 0.4) is 0 Å². The fourth-order valence-electron chi connectivity index (χ4n) is 4.68. The Morgan fingerprint density at radius 2 is 1.51 bits per heavy atom. The summed E-state index contributed by atoms with van der Waals surface area (Å²) >= 11 is 0. The number of hydrogen-bond acceptors (Lipinski definition) is 3. The SMILES string of the molecule is C/C=C(C)\C=C(\c1cccc(-c2ccc(NC(C)=O)cc2)c1O)C(C)CC.CC.CCCCN(CCC)C(=O)c1ccccc1. The van der Waals surface area contributed by atoms with Crippen LogP contribution in [0.15, 0.2) is 90.5 Å². The van der Waals surface area contributed by atoms with Gasteiger partial charge in [-0.2, -0.15) is 0 Å². The molecular weight excluding hydrogens is 556 g/mol. The number of benzene rings is 3. The van der Waals surface area contributed by atoms with E-state index in [0.29, 0.717) is 11.7 Å². The van der Waals surface area contributed by atoms with E-state index >= 15 is 0 Å². The van der Waals surface area contributed by atoms with Crippen molar-refractivity contribution >= 4 is 23.1 Å². The van der Waals surface area contributed by atoms with Crippen LogP contribution in [0.5, 0.6) is 5.75 Å². The van der Waals surface area contributed by atoms with Crippen LogP contribution in [0.25, 0.3) is 16.7 Å². The molecule has 0 radical (unpaired) electrons. The van der Waals surface area contributed by atoms with E-state index in [1.54, 1.807) is 0 Å². The summed E-state index contributed by atoms with van der Waals surface area (Å²) in [5.74, 6) is 0.689. The van der Waals surface area contributed by atoms with Crippen LogP contribution in [-0.4, -0.2) is 34.9 Å². The van der Waals surface area contributed by atoms with Crippen molar-refractivity contribution in [3.05, 3.63) is 102 Å². The first-order valence-corrected chi connectivity index (χ1v) is 16.6. The summed E-state index contributed by atoms with van der Waals surface area (Å²) < 4.78 is 0. The maximum Gasteiger partial charge on any atom is 0.253 e. The molecule has 0 aromatic heterocycles. The average molecular weight is 613 g/mol. The summed E-state index contributed by atoms with van der Waals surface area (Å²) in [6.07, 6.45) is 8.46. The first-order chi connectivity index (χ1) is 21.7. The molecule has 3 rings (SSSR count). The molecule has 5 nitrogen and oxygen atoms in total. The molecule has 3 aromatic rings. The standard InChI is InChI=1S/C24H29NO2.C14H21NO.C2H6/c1-6-16(3)15-23(17(4)7-2)22-10-8-9-21(24(22)27)19-11-13-20(14-12-19)25-18(5)26;1-3-5-12-15(11-4-2)14(16)13-9-7-6-8-10-13;1-2/h6,8-15,17,27H,7H2,1-5H3,(H,25,26);6-10H,3-5,11-12H2,1-2H3;1-2H3/b16-6-,23-15+;;. The third-order valence-electron chi connectivity index (χ3n) is 7.43. The molecule has 0 aliphatic carbocycles. The van der Waals surface area contributed by atoms with Crippen LogP contribution < -0.4 is 5.32 Å². The number of anilines is 1. The van der Waals surface area contributed by atoms with Crippen molar-refractivity contribution in [2.24, 2.45) is 5.92 Å². The van der Waals surface area contributed by atoms with Crippen molar-refractivity contribution in [1.82, 2.24) is 4.90 Å². The topological polar surface area (TPSA) is 69.6 Å². The van der Waals surface area contributed by atoms with Gasteiger partial charge in [0.25, 0.3) is 5.91 Å². The second kappa shape index (κ2) is 21.6. The highest BCUT2D eigenvalue weighted by molar-refractivity contribution is 5.94. The van der Waals surface area contributed by atoms with Gasteiger partial charge in [-0.25, -0.2) is 0 Å². The number of carbonyl (C=O) groups is 2. The predicted molar refractivity (Wildman–Crippen MR) is 194 cm³/mol. The smallest absolute Gasteiger partial charge is 0.253 e. The number of para-hydroxylation sites is 1. The second-order valence-electron chi connectivity index (χ2n) is 10.9. The number of aromatic hydroxyl groups is 1. The molecule has 2 N–H and O–H groups in total. The number of phenols is 1. The summed E-state index contributed by atoms with van der Waals surface area (Å²) in [4.78, 5) is 25.3. The highest BCUT2D eigenvalue weighted by Crippen LogP contribution is 2.39. The number of phenolic OH excluding ortho intramolecular Hbond substituents is 1. The predicted octanol–water partition coefficient (Wildman–Crippen LogP) is 10.8. The van der Waals surface area contributed by atoms with Crippen LogP contribution in [-0.2, 0) is 4.79 Å². The van der Waals surface area contributed by atoms with Crippen LogP contribution in [0, 0.1) is 5.92 Å². The third kappa shape index (κ3) is 12.8. The largest absolute Gasteiger partial charge is 0.507 e. The molecule has 244 valence electrons. The van der Waals surface area contributed by atoms with Gasteiger partial charge in [0, 0.05) is 42.4 Å². The zero-order valence-corrected chi connectivity index (χ0v) is 29.1. The fraction of sp³-hybridized carbons (Fsp3) is 0.400. The maximum absolute atomic E-state index is 12.2. The Kier molecular flexibility index (Phi) is 18.6. The number of rotatable bonds is 12. The average Bonchev–Trinajstić information content (AvgIpc) is 3.07. The number of allylic oxidation sites excluding steroid dienone is 4.